The molecule has 0 heterocycles. The molecule has 2 rings (SSSR count). The SMILES string of the molecule is CCOc1ccc(F)cc1C(C)(C)CC(O)(CN[C@H](C)c1ccccc1)C(F)(F)F. The van der Waals surface area contributed by atoms with Gasteiger partial charge in [-0.2, -0.15) is 13.2 Å². The Balaban J connectivity index is 2.30. The Kier molecular flexibility index (Phi) is 7.53. The topological polar surface area (TPSA) is 41.5 Å². The summed E-state index contributed by atoms with van der Waals surface area (Å²) in [6.45, 7) is 6.14. The van der Waals surface area contributed by atoms with Gasteiger partial charge >= 0.3 is 6.18 Å². The van der Waals surface area contributed by atoms with Gasteiger partial charge < -0.3 is 15.2 Å². The van der Waals surface area contributed by atoms with E-state index in [0.29, 0.717) is 5.75 Å². The van der Waals surface area contributed by atoms with Gasteiger partial charge in [-0.1, -0.05) is 44.2 Å². The molecule has 166 valence electrons. The van der Waals surface area contributed by atoms with Gasteiger partial charge in [0.2, 0.25) is 0 Å². The molecule has 3 nitrogen and oxygen atoms in total. The molecule has 0 saturated carbocycles. The van der Waals surface area contributed by atoms with Gasteiger partial charge in [0.1, 0.15) is 11.6 Å². The van der Waals surface area contributed by atoms with E-state index in [-0.39, 0.29) is 12.2 Å². The third kappa shape index (κ3) is 5.73. The van der Waals surface area contributed by atoms with Gasteiger partial charge in [0.15, 0.2) is 5.60 Å². The Labute approximate surface area is 175 Å². The van der Waals surface area contributed by atoms with Crippen LogP contribution in [0.3, 0.4) is 0 Å². The summed E-state index contributed by atoms with van der Waals surface area (Å²) in [7, 11) is 0. The second-order valence-corrected chi connectivity index (χ2v) is 8.18. The molecule has 0 radical (unpaired) electrons. The van der Waals surface area contributed by atoms with E-state index in [2.05, 4.69) is 5.32 Å². The third-order valence-corrected chi connectivity index (χ3v) is 5.23. The largest absolute Gasteiger partial charge is 0.494 e. The quantitative estimate of drug-likeness (QED) is 0.517. The van der Waals surface area contributed by atoms with Crippen LogP contribution >= 0.6 is 0 Å². The zero-order chi connectivity index (χ0) is 22.6. The molecular weight excluding hydrogens is 398 g/mol. The predicted molar refractivity (Wildman–Crippen MR) is 109 cm³/mol. The van der Waals surface area contributed by atoms with Gasteiger partial charge in [0.25, 0.3) is 0 Å². The highest BCUT2D eigenvalue weighted by Crippen LogP contribution is 2.43. The van der Waals surface area contributed by atoms with Gasteiger partial charge in [0.05, 0.1) is 6.61 Å². The number of benzene rings is 2. The van der Waals surface area contributed by atoms with Gasteiger partial charge in [-0.25, -0.2) is 4.39 Å². The molecule has 7 heteroatoms. The number of aliphatic hydroxyl groups is 1. The lowest BCUT2D eigenvalue weighted by atomic mass is 9.74. The highest BCUT2D eigenvalue weighted by molar-refractivity contribution is 5.40. The molecule has 0 bridgehead atoms. The lowest BCUT2D eigenvalue weighted by Gasteiger charge is -2.39. The molecule has 2 N–H and O–H groups in total. The Morgan fingerprint density at radius 2 is 1.70 bits per heavy atom. The van der Waals surface area contributed by atoms with Gasteiger partial charge in [-0.05, 0) is 49.4 Å². The van der Waals surface area contributed by atoms with Gasteiger partial charge in [-0.15, -0.1) is 0 Å². The first-order chi connectivity index (χ1) is 13.9. The van der Waals surface area contributed by atoms with E-state index < -0.39 is 42.0 Å². The van der Waals surface area contributed by atoms with Crippen LogP contribution in [0.15, 0.2) is 48.5 Å². The summed E-state index contributed by atoms with van der Waals surface area (Å²) in [4.78, 5) is 0. The Morgan fingerprint density at radius 1 is 1.07 bits per heavy atom. The minimum Gasteiger partial charge on any atom is -0.494 e. The third-order valence-electron chi connectivity index (χ3n) is 5.23. The molecule has 0 aromatic heterocycles. The van der Waals surface area contributed by atoms with Crippen molar-refractivity contribution < 1.29 is 27.4 Å². The molecule has 1 unspecified atom stereocenters. The van der Waals surface area contributed by atoms with Gasteiger partial charge in [0, 0.05) is 18.2 Å². The van der Waals surface area contributed by atoms with E-state index in [0.717, 1.165) is 5.56 Å². The number of alkyl halides is 3. The van der Waals surface area contributed by atoms with Crippen molar-refractivity contribution in [2.45, 2.75) is 57.3 Å². The van der Waals surface area contributed by atoms with Crippen molar-refractivity contribution in [3.8, 4) is 5.75 Å². The smallest absolute Gasteiger partial charge is 0.418 e. The molecular formula is C23H29F4NO2. The highest BCUT2D eigenvalue weighted by atomic mass is 19.4. The van der Waals surface area contributed by atoms with Crippen molar-refractivity contribution in [2.24, 2.45) is 0 Å². The molecule has 0 aliphatic heterocycles. The van der Waals surface area contributed by atoms with Crippen molar-refractivity contribution in [3.05, 3.63) is 65.5 Å². The molecule has 2 atom stereocenters. The van der Waals surface area contributed by atoms with Gasteiger partial charge in [-0.3, -0.25) is 0 Å². The molecule has 0 spiro atoms. The minimum absolute atomic E-state index is 0.281. The van der Waals surface area contributed by atoms with Crippen molar-refractivity contribution in [3.63, 3.8) is 0 Å². The van der Waals surface area contributed by atoms with E-state index in [9.17, 15) is 22.7 Å². The van der Waals surface area contributed by atoms with E-state index in [1.807, 2.05) is 6.07 Å². The van der Waals surface area contributed by atoms with E-state index in [1.165, 1.54) is 18.2 Å². The maximum atomic E-state index is 13.9. The van der Waals surface area contributed by atoms with Crippen LogP contribution in [0.4, 0.5) is 17.6 Å². The van der Waals surface area contributed by atoms with Crippen LogP contribution in [0.25, 0.3) is 0 Å². The summed E-state index contributed by atoms with van der Waals surface area (Å²) in [5, 5.41) is 13.5. The Morgan fingerprint density at radius 3 is 2.27 bits per heavy atom. The molecule has 2 aromatic rings. The number of hydrogen-bond donors (Lipinski definition) is 2. The van der Waals surface area contributed by atoms with Crippen LogP contribution < -0.4 is 10.1 Å². The second-order valence-electron chi connectivity index (χ2n) is 8.18. The lowest BCUT2D eigenvalue weighted by molar-refractivity contribution is -0.264. The summed E-state index contributed by atoms with van der Waals surface area (Å²) < 4.78 is 61.2. The molecule has 2 aromatic carbocycles. The fraction of sp³-hybridized carbons (Fsp3) is 0.478. The fourth-order valence-corrected chi connectivity index (χ4v) is 3.58. The first kappa shape index (κ1) is 24.2. The van der Waals surface area contributed by atoms with Crippen molar-refractivity contribution in [1.29, 1.82) is 0 Å². The molecule has 30 heavy (non-hydrogen) atoms. The van der Waals surface area contributed by atoms with Crippen LogP contribution in [0.1, 0.15) is 51.3 Å². The molecule has 0 aliphatic rings. The van der Waals surface area contributed by atoms with Crippen molar-refractivity contribution in [2.75, 3.05) is 13.2 Å². The standard InChI is InChI=1S/C23H29F4NO2/c1-5-30-20-12-11-18(24)13-19(20)21(3,4)14-22(29,23(25,26)27)15-28-16(2)17-9-7-6-8-10-17/h6-13,16,28-29H,5,14-15H2,1-4H3/t16-,22?/m1/s1. The zero-order valence-corrected chi connectivity index (χ0v) is 17.7. The summed E-state index contributed by atoms with van der Waals surface area (Å²) in [5.74, 6) is -0.271. The van der Waals surface area contributed by atoms with Crippen LogP contribution in [0, 0.1) is 5.82 Å². The minimum atomic E-state index is -4.88. The predicted octanol–water partition coefficient (Wildman–Crippen LogP) is 5.54. The van der Waals surface area contributed by atoms with Crippen molar-refractivity contribution >= 4 is 0 Å². The summed E-state index contributed by atoms with van der Waals surface area (Å²) in [6, 6.07) is 12.4. The van der Waals surface area contributed by atoms with Crippen LogP contribution in [0.2, 0.25) is 0 Å². The number of hydrogen-bond acceptors (Lipinski definition) is 3. The highest BCUT2D eigenvalue weighted by Gasteiger charge is 2.56. The maximum absolute atomic E-state index is 13.9. The average molecular weight is 427 g/mol. The number of rotatable bonds is 9. The second kappa shape index (κ2) is 9.35. The summed E-state index contributed by atoms with van der Waals surface area (Å²) in [6.07, 6.45) is -5.55. The number of ether oxygens (including phenoxy) is 1. The normalized spacial score (nSPS) is 15.5. The average Bonchev–Trinajstić information content (AvgIpc) is 2.67. The molecule has 0 fully saturated rings. The Bertz CT molecular complexity index is 824. The van der Waals surface area contributed by atoms with Crippen LogP contribution in [-0.4, -0.2) is 30.0 Å². The molecule has 0 saturated heterocycles. The van der Waals surface area contributed by atoms with E-state index in [4.69, 9.17) is 4.74 Å². The van der Waals surface area contributed by atoms with Crippen molar-refractivity contribution in [1.82, 2.24) is 5.32 Å². The monoisotopic (exact) mass is 427 g/mol. The fourth-order valence-electron chi connectivity index (χ4n) is 3.58. The zero-order valence-electron chi connectivity index (χ0n) is 17.7. The molecule has 0 amide bonds. The van der Waals surface area contributed by atoms with Crippen LogP contribution in [0.5, 0.6) is 5.75 Å². The number of halogens is 4. The molecule has 0 aliphatic carbocycles. The lowest BCUT2D eigenvalue weighted by Crippen LogP contribution is -2.55. The Hall–Kier alpha value is -2.12. The first-order valence-electron chi connectivity index (χ1n) is 9.90. The number of nitrogens with one attached hydrogen (secondary N) is 1. The van der Waals surface area contributed by atoms with Crippen LogP contribution in [-0.2, 0) is 5.41 Å². The summed E-state index contributed by atoms with van der Waals surface area (Å²) >= 11 is 0. The van der Waals surface area contributed by atoms with E-state index in [1.54, 1.807) is 52.0 Å². The summed E-state index contributed by atoms with van der Waals surface area (Å²) in [5.41, 5.74) is -3.14. The first-order valence-corrected chi connectivity index (χ1v) is 9.90. The van der Waals surface area contributed by atoms with E-state index >= 15 is 0 Å². The maximum Gasteiger partial charge on any atom is 0.418 e.